The lowest BCUT2D eigenvalue weighted by molar-refractivity contribution is 0.139. The number of benzene rings is 2. The third-order valence-electron chi connectivity index (χ3n) is 4.11. The van der Waals surface area contributed by atoms with E-state index >= 15 is 0 Å². The second kappa shape index (κ2) is 8.83. The van der Waals surface area contributed by atoms with Crippen LogP contribution in [0.3, 0.4) is 0 Å². The quantitative estimate of drug-likeness (QED) is 0.608. The minimum absolute atomic E-state index is 0.281. The van der Waals surface area contributed by atoms with Crippen molar-refractivity contribution in [1.82, 2.24) is 4.31 Å². The number of rotatable bonds is 6. The predicted molar refractivity (Wildman–Crippen MR) is 105 cm³/mol. The maximum Gasteiger partial charge on any atom is 0.161 e. The highest BCUT2D eigenvalue weighted by Crippen LogP contribution is 2.34. The highest BCUT2D eigenvalue weighted by molar-refractivity contribution is 9.10. The van der Waals surface area contributed by atoms with Crippen molar-refractivity contribution in [3.05, 3.63) is 46.9 Å². The Morgan fingerprint density at radius 2 is 1.64 bits per heavy atom. The average molecular weight is 424 g/mol. The second-order valence-corrected chi connectivity index (χ2v) is 7.89. The Kier molecular flexibility index (Phi) is 6.51. The van der Waals surface area contributed by atoms with E-state index < -0.39 is 0 Å². The molecule has 2 aromatic rings. The molecule has 3 rings (SSSR count). The summed E-state index contributed by atoms with van der Waals surface area (Å²) in [6.45, 7) is 2.00. The number of halogens is 1. The highest BCUT2D eigenvalue weighted by atomic mass is 79.9. The third kappa shape index (κ3) is 5.06. The predicted octanol–water partition coefficient (Wildman–Crippen LogP) is 5.02. The monoisotopic (exact) mass is 423 g/mol. The fourth-order valence-electron chi connectivity index (χ4n) is 2.77. The van der Waals surface area contributed by atoms with Crippen LogP contribution in [0.1, 0.15) is 12.8 Å². The molecule has 4 nitrogen and oxygen atoms in total. The Morgan fingerprint density at radius 3 is 2.28 bits per heavy atom. The van der Waals surface area contributed by atoms with Crippen LogP contribution < -0.4 is 14.2 Å². The van der Waals surface area contributed by atoms with E-state index in [1.807, 2.05) is 36.4 Å². The van der Waals surface area contributed by atoms with Crippen LogP contribution in [0.5, 0.6) is 17.2 Å². The number of methoxy groups -OCH3 is 2. The van der Waals surface area contributed by atoms with Crippen molar-refractivity contribution < 1.29 is 14.2 Å². The lowest BCUT2D eigenvalue weighted by Gasteiger charge is -2.31. The van der Waals surface area contributed by atoms with E-state index in [2.05, 4.69) is 26.3 Å². The first-order chi connectivity index (χ1) is 12.2. The van der Waals surface area contributed by atoms with Gasteiger partial charge in [-0.3, -0.25) is 0 Å². The molecule has 0 unspecified atom stereocenters. The van der Waals surface area contributed by atoms with Gasteiger partial charge in [-0.2, -0.15) is 0 Å². The van der Waals surface area contributed by atoms with Crippen molar-refractivity contribution in [3.63, 3.8) is 0 Å². The molecular weight excluding hydrogens is 402 g/mol. The van der Waals surface area contributed by atoms with E-state index in [0.717, 1.165) is 52.5 Å². The van der Waals surface area contributed by atoms with Gasteiger partial charge in [-0.25, -0.2) is 4.31 Å². The zero-order valence-corrected chi connectivity index (χ0v) is 16.8. The van der Waals surface area contributed by atoms with Gasteiger partial charge in [0.2, 0.25) is 0 Å². The molecule has 25 heavy (non-hydrogen) atoms. The Hall–Kier alpha value is -1.37. The Balaban J connectivity index is 1.51. The molecule has 0 aromatic heterocycles. The number of hydrogen-bond donors (Lipinski definition) is 0. The normalized spacial score (nSPS) is 15.8. The lowest BCUT2D eigenvalue weighted by Crippen LogP contribution is -2.34. The second-order valence-electron chi connectivity index (χ2n) is 5.81. The molecule has 0 amide bonds. The minimum atomic E-state index is 0.281. The summed E-state index contributed by atoms with van der Waals surface area (Å²) in [5.41, 5.74) is 0. The fraction of sp³-hybridized carbons (Fsp3) is 0.368. The summed E-state index contributed by atoms with van der Waals surface area (Å²) in [7, 11) is 3.32. The van der Waals surface area contributed by atoms with Crippen molar-refractivity contribution in [2.45, 2.75) is 23.8 Å². The van der Waals surface area contributed by atoms with Gasteiger partial charge in [-0.15, -0.1) is 0 Å². The molecule has 1 aliphatic heterocycles. The molecule has 1 aliphatic rings. The molecule has 1 saturated heterocycles. The Morgan fingerprint density at radius 1 is 0.960 bits per heavy atom. The van der Waals surface area contributed by atoms with Crippen molar-refractivity contribution in [3.8, 4) is 17.2 Å². The van der Waals surface area contributed by atoms with E-state index in [1.54, 1.807) is 26.2 Å². The standard InChI is InChI=1S/C19H22BrNO3S/c1-22-18-8-7-17(13-19(18)23-2)25-21-11-9-16(10-12-21)24-15-5-3-14(20)4-6-15/h3-8,13,16H,9-12H2,1-2H3. The van der Waals surface area contributed by atoms with Gasteiger partial charge in [-0.1, -0.05) is 15.9 Å². The first-order valence-corrected chi connectivity index (χ1v) is 9.81. The summed E-state index contributed by atoms with van der Waals surface area (Å²) < 4.78 is 20.2. The lowest BCUT2D eigenvalue weighted by atomic mass is 10.1. The summed E-state index contributed by atoms with van der Waals surface area (Å²) in [4.78, 5) is 1.16. The van der Waals surface area contributed by atoms with Gasteiger partial charge < -0.3 is 14.2 Å². The maximum atomic E-state index is 6.08. The summed E-state index contributed by atoms with van der Waals surface area (Å²) in [5.74, 6) is 2.46. The molecule has 0 atom stereocenters. The van der Waals surface area contributed by atoms with Crippen molar-refractivity contribution in [2.24, 2.45) is 0 Å². The number of piperidine rings is 1. The summed E-state index contributed by atoms with van der Waals surface area (Å²) in [6, 6.07) is 14.1. The first-order valence-electron chi connectivity index (χ1n) is 8.25. The van der Waals surface area contributed by atoms with Crippen LogP contribution in [-0.2, 0) is 0 Å². The van der Waals surface area contributed by atoms with Crippen LogP contribution in [0.4, 0.5) is 0 Å². The van der Waals surface area contributed by atoms with Crippen LogP contribution in [0.2, 0.25) is 0 Å². The molecule has 0 aliphatic carbocycles. The molecule has 134 valence electrons. The smallest absolute Gasteiger partial charge is 0.161 e. The minimum Gasteiger partial charge on any atom is -0.493 e. The average Bonchev–Trinajstić information content (AvgIpc) is 2.65. The van der Waals surface area contributed by atoms with Crippen molar-refractivity contribution in [2.75, 3.05) is 27.3 Å². The summed E-state index contributed by atoms with van der Waals surface area (Å²) in [5, 5.41) is 0. The van der Waals surface area contributed by atoms with Gasteiger partial charge in [0.15, 0.2) is 11.5 Å². The number of nitrogens with zero attached hydrogens (tertiary/aromatic N) is 1. The van der Waals surface area contributed by atoms with E-state index in [9.17, 15) is 0 Å². The van der Waals surface area contributed by atoms with Crippen LogP contribution in [0.15, 0.2) is 51.8 Å². The molecule has 0 radical (unpaired) electrons. The largest absolute Gasteiger partial charge is 0.493 e. The molecule has 6 heteroatoms. The van der Waals surface area contributed by atoms with Crippen LogP contribution in [0, 0.1) is 0 Å². The Bertz CT molecular complexity index is 688. The SMILES string of the molecule is COc1ccc(SN2CCC(Oc3ccc(Br)cc3)CC2)cc1OC. The number of hydrogen-bond acceptors (Lipinski definition) is 5. The van der Waals surface area contributed by atoms with Crippen molar-refractivity contribution >= 4 is 27.9 Å². The number of ether oxygens (including phenoxy) is 3. The van der Waals surface area contributed by atoms with Gasteiger partial charge in [0.1, 0.15) is 11.9 Å². The molecule has 0 bridgehead atoms. The first kappa shape index (κ1) is 18.4. The van der Waals surface area contributed by atoms with E-state index in [0.29, 0.717) is 0 Å². The maximum absolute atomic E-state index is 6.08. The highest BCUT2D eigenvalue weighted by Gasteiger charge is 2.21. The molecule has 0 saturated carbocycles. The Labute approximate surface area is 161 Å². The zero-order valence-electron chi connectivity index (χ0n) is 14.4. The van der Waals surface area contributed by atoms with Gasteiger partial charge in [0.25, 0.3) is 0 Å². The van der Waals surface area contributed by atoms with Gasteiger partial charge in [-0.05, 0) is 67.3 Å². The zero-order chi connectivity index (χ0) is 17.6. The topological polar surface area (TPSA) is 30.9 Å². The molecule has 0 spiro atoms. The summed E-state index contributed by atoms with van der Waals surface area (Å²) >= 11 is 5.21. The third-order valence-corrected chi connectivity index (χ3v) is 5.72. The molecule has 2 aromatic carbocycles. The van der Waals surface area contributed by atoms with Crippen LogP contribution in [0.25, 0.3) is 0 Å². The van der Waals surface area contributed by atoms with Gasteiger partial charge in [0.05, 0.1) is 14.2 Å². The molecular formula is C19H22BrNO3S. The van der Waals surface area contributed by atoms with Crippen LogP contribution >= 0.6 is 27.9 Å². The van der Waals surface area contributed by atoms with Gasteiger partial charge >= 0.3 is 0 Å². The van der Waals surface area contributed by atoms with E-state index in [1.165, 1.54) is 0 Å². The van der Waals surface area contributed by atoms with Crippen LogP contribution in [-0.4, -0.2) is 37.7 Å². The molecule has 0 N–H and O–H groups in total. The van der Waals surface area contributed by atoms with Gasteiger partial charge in [0, 0.05) is 22.5 Å². The molecule has 1 fully saturated rings. The fourth-order valence-corrected chi connectivity index (χ4v) is 4.01. The van der Waals surface area contributed by atoms with E-state index in [4.69, 9.17) is 14.2 Å². The molecule has 1 heterocycles. The van der Waals surface area contributed by atoms with E-state index in [-0.39, 0.29) is 6.10 Å². The summed E-state index contributed by atoms with van der Waals surface area (Å²) in [6.07, 6.45) is 2.33. The van der Waals surface area contributed by atoms with Crippen molar-refractivity contribution in [1.29, 1.82) is 0 Å².